The van der Waals surface area contributed by atoms with Crippen molar-refractivity contribution in [1.29, 1.82) is 0 Å². The van der Waals surface area contributed by atoms with Gasteiger partial charge in [-0.05, 0) is 61.0 Å². The summed E-state index contributed by atoms with van der Waals surface area (Å²) < 4.78 is 1.92. The van der Waals surface area contributed by atoms with Crippen molar-refractivity contribution in [3.63, 3.8) is 0 Å². The molecule has 0 saturated carbocycles. The summed E-state index contributed by atoms with van der Waals surface area (Å²) in [5, 5.41) is 4.10. The number of halogens is 1. The number of benzene rings is 2. The highest BCUT2D eigenvalue weighted by molar-refractivity contribution is 7.71. The minimum Gasteiger partial charge on any atom is -0.352 e. The van der Waals surface area contributed by atoms with E-state index < -0.39 is 0 Å². The highest BCUT2D eigenvalue weighted by Crippen LogP contribution is 2.12. The van der Waals surface area contributed by atoms with Crippen LogP contribution in [0.4, 0.5) is 0 Å². The monoisotopic (exact) mass is 401 g/mol. The van der Waals surface area contributed by atoms with Gasteiger partial charge in [-0.1, -0.05) is 30.7 Å². The number of amides is 1. The molecule has 0 aliphatic carbocycles. The molecule has 0 bridgehead atoms. The van der Waals surface area contributed by atoms with Gasteiger partial charge in [0.05, 0.1) is 10.9 Å². The summed E-state index contributed by atoms with van der Waals surface area (Å²) in [6, 6.07) is 12.5. The maximum atomic E-state index is 12.5. The Morgan fingerprint density at radius 2 is 1.96 bits per heavy atom. The number of hydrogen-bond donors (Lipinski definition) is 2. The third kappa shape index (κ3) is 4.46. The lowest BCUT2D eigenvalue weighted by Crippen LogP contribution is -2.26. The zero-order valence-corrected chi connectivity index (χ0v) is 16.5. The van der Waals surface area contributed by atoms with Crippen molar-refractivity contribution < 1.29 is 4.79 Å². The number of carbonyl (C=O) groups excluding carboxylic acids is 1. The van der Waals surface area contributed by atoms with Crippen LogP contribution in [0.2, 0.25) is 5.02 Å². The third-order valence-electron chi connectivity index (χ3n) is 4.30. The lowest BCUT2D eigenvalue weighted by atomic mass is 10.1. The van der Waals surface area contributed by atoms with Crippen LogP contribution in [0.3, 0.4) is 0 Å². The Labute approximate surface area is 167 Å². The number of fused-ring (bicyclic) bond motifs is 1. The average Bonchev–Trinajstić information content (AvgIpc) is 2.66. The van der Waals surface area contributed by atoms with Gasteiger partial charge in [-0.3, -0.25) is 14.2 Å². The van der Waals surface area contributed by atoms with Crippen LogP contribution >= 0.6 is 23.8 Å². The zero-order chi connectivity index (χ0) is 19.4. The maximum absolute atomic E-state index is 12.5. The highest BCUT2D eigenvalue weighted by atomic mass is 35.5. The summed E-state index contributed by atoms with van der Waals surface area (Å²) in [7, 11) is 0. The van der Waals surface area contributed by atoms with E-state index in [-0.39, 0.29) is 11.5 Å². The van der Waals surface area contributed by atoms with Crippen molar-refractivity contribution in [2.45, 2.75) is 26.3 Å². The third-order valence-corrected chi connectivity index (χ3v) is 4.88. The normalized spacial score (nSPS) is 10.9. The van der Waals surface area contributed by atoms with Gasteiger partial charge in [0.2, 0.25) is 0 Å². The van der Waals surface area contributed by atoms with Crippen LogP contribution < -0.4 is 10.9 Å². The van der Waals surface area contributed by atoms with Crippen LogP contribution in [-0.2, 0) is 13.0 Å². The van der Waals surface area contributed by atoms with Crippen molar-refractivity contribution in [1.82, 2.24) is 14.9 Å². The number of carbonyl (C=O) groups is 1. The Balaban J connectivity index is 1.75. The molecule has 0 fully saturated rings. The number of nitrogens with one attached hydrogen (secondary N) is 2. The van der Waals surface area contributed by atoms with Gasteiger partial charge in [0.15, 0.2) is 4.77 Å². The summed E-state index contributed by atoms with van der Waals surface area (Å²) in [5.74, 6) is -0.192. The van der Waals surface area contributed by atoms with Crippen LogP contribution in [0.15, 0.2) is 47.3 Å². The van der Waals surface area contributed by atoms with Crippen molar-refractivity contribution in [2.75, 3.05) is 6.54 Å². The van der Waals surface area contributed by atoms with Crippen LogP contribution in [0.5, 0.6) is 0 Å². The van der Waals surface area contributed by atoms with E-state index in [0.29, 0.717) is 45.8 Å². The molecule has 0 aliphatic heterocycles. The molecular formula is C20H20ClN3O2S. The van der Waals surface area contributed by atoms with Crippen molar-refractivity contribution in [3.05, 3.63) is 73.7 Å². The van der Waals surface area contributed by atoms with Gasteiger partial charge in [-0.2, -0.15) is 0 Å². The van der Waals surface area contributed by atoms with E-state index in [2.05, 4.69) is 10.3 Å². The molecule has 2 N–H and O–H groups in total. The van der Waals surface area contributed by atoms with Gasteiger partial charge in [-0.15, -0.1) is 0 Å². The van der Waals surface area contributed by atoms with Crippen LogP contribution in [0.1, 0.15) is 29.3 Å². The molecule has 0 aliphatic rings. The second-order valence-corrected chi connectivity index (χ2v) is 7.10. The van der Waals surface area contributed by atoms with E-state index in [1.54, 1.807) is 22.8 Å². The fourth-order valence-electron chi connectivity index (χ4n) is 2.90. The summed E-state index contributed by atoms with van der Waals surface area (Å²) in [6.45, 7) is 3.06. The van der Waals surface area contributed by atoms with E-state index in [9.17, 15) is 9.59 Å². The summed E-state index contributed by atoms with van der Waals surface area (Å²) in [6.07, 6.45) is 1.53. The molecule has 0 atom stereocenters. The fourth-order valence-corrected chi connectivity index (χ4v) is 3.31. The topological polar surface area (TPSA) is 66.9 Å². The quantitative estimate of drug-likeness (QED) is 0.611. The molecule has 3 aromatic rings. The molecule has 7 heteroatoms. The first-order valence-electron chi connectivity index (χ1n) is 8.79. The number of aromatic amines is 1. The van der Waals surface area contributed by atoms with E-state index in [4.69, 9.17) is 23.8 Å². The first-order valence-corrected chi connectivity index (χ1v) is 9.57. The van der Waals surface area contributed by atoms with Gasteiger partial charge < -0.3 is 10.3 Å². The summed E-state index contributed by atoms with van der Waals surface area (Å²) >= 11 is 11.1. The largest absolute Gasteiger partial charge is 0.352 e. The molecular weight excluding hydrogens is 382 g/mol. The van der Waals surface area contributed by atoms with Crippen molar-refractivity contribution in [3.8, 4) is 0 Å². The molecule has 0 saturated heterocycles. The Bertz CT molecular complexity index is 1090. The minimum atomic E-state index is -0.192. The smallest absolute Gasteiger partial charge is 0.262 e. The molecule has 1 heterocycles. The molecule has 0 unspecified atom stereocenters. The number of rotatable bonds is 6. The SMILES string of the molecule is CCCn1c(=S)[nH]c2cc(C(=O)NCCc3ccc(Cl)cc3)ccc2c1=O. The Morgan fingerprint density at radius 3 is 2.67 bits per heavy atom. The molecule has 0 spiro atoms. The first-order chi connectivity index (χ1) is 13.0. The fraction of sp³-hybridized carbons (Fsp3) is 0.250. The second kappa shape index (κ2) is 8.50. The Kier molecular flexibility index (Phi) is 6.08. The van der Waals surface area contributed by atoms with Gasteiger partial charge >= 0.3 is 0 Å². The van der Waals surface area contributed by atoms with Gasteiger partial charge in [-0.25, -0.2) is 0 Å². The predicted octanol–water partition coefficient (Wildman–Crippen LogP) is 4.09. The Morgan fingerprint density at radius 1 is 1.22 bits per heavy atom. The van der Waals surface area contributed by atoms with E-state index in [1.165, 1.54) is 0 Å². The van der Waals surface area contributed by atoms with Crippen molar-refractivity contribution >= 4 is 40.6 Å². The van der Waals surface area contributed by atoms with E-state index >= 15 is 0 Å². The van der Waals surface area contributed by atoms with Crippen LogP contribution in [0.25, 0.3) is 10.9 Å². The predicted molar refractivity (Wildman–Crippen MR) is 111 cm³/mol. The van der Waals surface area contributed by atoms with Gasteiger partial charge in [0, 0.05) is 23.7 Å². The summed E-state index contributed by atoms with van der Waals surface area (Å²) in [4.78, 5) is 28.0. The van der Waals surface area contributed by atoms with E-state index in [1.807, 2.05) is 31.2 Å². The number of aromatic nitrogens is 2. The Hall–Kier alpha value is -2.44. The molecule has 1 aromatic heterocycles. The van der Waals surface area contributed by atoms with Gasteiger partial charge in [0.1, 0.15) is 0 Å². The molecule has 140 valence electrons. The average molecular weight is 402 g/mol. The maximum Gasteiger partial charge on any atom is 0.262 e. The molecule has 2 aromatic carbocycles. The summed E-state index contributed by atoms with van der Waals surface area (Å²) in [5.41, 5.74) is 2.02. The van der Waals surface area contributed by atoms with Crippen LogP contribution in [-0.4, -0.2) is 22.0 Å². The second-order valence-electron chi connectivity index (χ2n) is 6.28. The molecule has 0 radical (unpaired) electrons. The van der Waals surface area contributed by atoms with Gasteiger partial charge in [0.25, 0.3) is 11.5 Å². The number of nitrogens with zero attached hydrogens (tertiary/aromatic N) is 1. The molecule has 1 amide bonds. The standard InChI is InChI=1S/C20H20ClN3O2S/c1-2-11-24-19(26)16-8-5-14(12-17(16)23-20(24)27)18(25)22-10-9-13-3-6-15(21)7-4-13/h3-8,12H,2,9-11H2,1H3,(H,22,25)(H,23,27). The lowest BCUT2D eigenvalue weighted by Gasteiger charge is -2.09. The minimum absolute atomic E-state index is 0.134. The number of hydrogen-bond acceptors (Lipinski definition) is 3. The van der Waals surface area contributed by atoms with E-state index in [0.717, 1.165) is 12.0 Å². The zero-order valence-electron chi connectivity index (χ0n) is 14.9. The van der Waals surface area contributed by atoms with Crippen LogP contribution in [0, 0.1) is 4.77 Å². The molecule has 27 heavy (non-hydrogen) atoms. The first kappa shape index (κ1) is 19.3. The lowest BCUT2D eigenvalue weighted by molar-refractivity contribution is 0.0954. The highest BCUT2D eigenvalue weighted by Gasteiger charge is 2.10. The number of H-pyrrole nitrogens is 1. The molecule has 5 nitrogen and oxygen atoms in total. The van der Waals surface area contributed by atoms with Crippen molar-refractivity contribution in [2.24, 2.45) is 0 Å². The molecule has 3 rings (SSSR count).